The molecule has 1 aliphatic rings. The van der Waals surface area contributed by atoms with Crippen molar-refractivity contribution in [2.45, 2.75) is 13.5 Å². The molecular formula is C20H25N5O3. The number of anilines is 2. The van der Waals surface area contributed by atoms with Crippen molar-refractivity contribution in [2.24, 2.45) is 0 Å². The fourth-order valence-electron chi connectivity index (χ4n) is 3.26. The summed E-state index contributed by atoms with van der Waals surface area (Å²) >= 11 is 0. The van der Waals surface area contributed by atoms with Gasteiger partial charge < -0.3 is 16.0 Å². The van der Waals surface area contributed by atoms with Crippen LogP contribution in [0.5, 0.6) is 0 Å². The Labute approximate surface area is 164 Å². The maximum atomic E-state index is 12.4. The molecule has 8 nitrogen and oxygen atoms in total. The van der Waals surface area contributed by atoms with E-state index in [0.29, 0.717) is 5.69 Å². The lowest BCUT2D eigenvalue weighted by Crippen LogP contribution is -2.45. The summed E-state index contributed by atoms with van der Waals surface area (Å²) in [6.07, 6.45) is 0. The number of nitro groups is 1. The predicted molar refractivity (Wildman–Crippen MR) is 109 cm³/mol. The van der Waals surface area contributed by atoms with E-state index in [-0.39, 0.29) is 16.9 Å². The summed E-state index contributed by atoms with van der Waals surface area (Å²) in [7, 11) is 0. The van der Waals surface area contributed by atoms with Crippen LogP contribution >= 0.6 is 0 Å². The maximum Gasteiger partial charge on any atom is 0.292 e. The van der Waals surface area contributed by atoms with Gasteiger partial charge in [0.1, 0.15) is 5.69 Å². The molecular weight excluding hydrogens is 358 g/mol. The minimum Gasteiger partial charge on any atom is -0.393 e. The number of hydrogen-bond donors (Lipinski definition) is 2. The third kappa shape index (κ3) is 4.85. The Balaban J connectivity index is 1.59. The number of nitrogens with zero attached hydrogens (tertiary/aromatic N) is 3. The molecule has 0 aromatic heterocycles. The van der Waals surface area contributed by atoms with E-state index in [2.05, 4.69) is 22.0 Å². The number of nitro benzene ring substituents is 1. The Morgan fingerprint density at radius 3 is 2.36 bits per heavy atom. The molecule has 28 heavy (non-hydrogen) atoms. The third-order valence-corrected chi connectivity index (χ3v) is 5.02. The van der Waals surface area contributed by atoms with E-state index in [1.165, 1.54) is 23.8 Å². The van der Waals surface area contributed by atoms with Gasteiger partial charge in [0.25, 0.3) is 11.6 Å². The summed E-state index contributed by atoms with van der Waals surface area (Å²) in [6, 6.07) is 11.7. The van der Waals surface area contributed by atoms with Crippen molar-refractivity contribution in [3.05, 3.63) is 63.7 Å². The summed E-state index contributed by atoms with van der Waals surface area (Å²) < 4.78 is 0. The zero-order valence-corrected chi connectivity index (χ0v) is 15.9. The second-order valence-electron chi connectivity index (χ2n) is 6.89. The van der Waals surface area contributed by atoms with E-state index < -0.39 is 10.8 Å². The van der Waals surface area contributed by atoms with Gasteiger partial charge in [-0.05, 0) is 36.4 Å². The van der Waals surface area contributed by atoms with Gasteiger partial charge in [-0.3, -0.25) is 19.8 Å². The summed E-state index contributed by atoms with van der Waals surface area (Å²) in [4.78, 5) is 27.6. The van der Waals surface area contributed by atoms with Gasteiger partial charge in [-0.2, -0.15) is 0 Å². The minimum absolute atomic E-state index is 0.0330. The first-order valence-electron chi connectivity index (χ1n) is 9.35. The van der Waals surface area contributed by atoms with Crippen LogP contribution in [0.1, 0.15) is 22.8 Å². The molecule has 0 aliphatic carbocycles. The number of carbonyl (C=O) groups excluding carboxylic acids is 1. The number of nitrogens with one attached hydrogen (secondary N) is 1. The Morgan fingerprint density at radius 2 is 1.75 bits per heavy atom. The number of amides is 1. The number of rotatable bonds is 6. The fraction of sp³-hybridized carbons (Fsp3) is 0.350. The molecule has 1 amide bonds. The Kier molecular flexibility index (Phi) is 6.23. The second-order valence-corrected chi connectivity index (χ2v) is 6.89. The molecule has 0 unspecified atom stereocenters. The number of nitrogen functional groups attached to an aromatic ring is 1. The SMILES string of the molecule is CCN1CCN(Cc2ccc(NC(=O)c3ccc(N)c([N+](=O)[O-])c3)cc2)CC1. The molecule has 2 aromatic rings. The van der Waals surface area contributed by atoms with Gasteiger partial charge in [0.05, 0.1) is 4.92 Å². The molecule has 148 valence electrons. The van der Waals surface area contributed by atoms with Gasteiger partial charge in [0.2, 0.25) is 0 Å². The van der Waals surface area contributed by atoms with Crippen LogP contribution in [0.4, 0.5) is 17.1 Å². The van der Waals surface area contributed by atoms with Crippen LogP contribution in [-0.2, 0) is 6.54 Å². The van der Waals surface area contributed by atoms with E-state index in [9.17, 15) is 14.9 Å². The zero-order chi connectivity index (χ0) is 20.1. The first-order valence-corrected chi connectivity index (χ1v) is 9.35. The zero-order valence-electron chi connectivity index (χ0n) is 15.9. The Hall–Kier alpha value is -2.97. The number of hydrogen-bond acceptors (Lipinski definition) is 6. The monoisotopic (exact) mass is 383 g/mol. The molecule has 0 atom stereocenters. The van der Waals surface area contributed by atoms with Crippen LogP contribution in [0.2, 0.25) is 0 Å². The molecule has 3 N–H and O–H groups in total. The van der Waals surface area contributed by atoms with E-state index in [1.807, 2.05) is 24.3 Å². The molecule has 1 aliphatic heterocycles. The van der Waals surface area contributed by atoms with Crippen molar-refractivity contribution in [1.29, 1.82) is 0 Å². The minimum atomic E-state index is -0.596. The van der Waals surface area contributed by atoms with Crippen molar-refractivity contribution in [3.8, 4) is 0 Å². The van der Waals surface area contributed by atoms with Crippen LogP contribution in [0.3, 0.4) is 0 Å². The number of piperazine rings is 1. The average molecular weight is 383 g/mol. The van der Waals surface area contributed by atoms with Gasteiger partial charge in [0.15, 0.2) is 0 Å². The van der Waals surface area contributed by atoms with Crippen molar-refractivity contribution in [2.75, 3.05) is 43.8 Å². The highest BCUT2D eigenvalue weighted by molar-refractivity contribution is 6.05. The molecule has 0 radical (unpaired) electrons. The highest BCUT2D eigenvalue weighted by Crippen LogP contribution is 2.23. The summed E-state index contributed by atoms with van der Waals surface area (Å²) in [6.45, 7) is 8.47. The normalized spacial score (nSPS) is 15.3. The quantitative estimate of drug-likeness (QED) is 0.451. The largest absolute Gasteiger partial charge is 0.393 e. The highest BCUT2D eigenvalue weighted by atomic mass is 16.6. The van der Waals surface area contributed by atoms with Crippen molar-refractivity contribution < 1.29 is 9.72 Å². The number of likely N-dealkylation sites (N-methyl/N-ethyl adjacent to an activating group) is 1. The molecule has 2 aromatic carbocycles. The van der Waals surface area contributed by atoms with Gasteiger partial charge >= 0.3 is 0 Å². The molecule has 1 fully saturated rings. The molecule has 0 spiro atoms. The maximum absolute atomic E-state index is 12.4. The van der Waals surface area contributed by atoms with Gasteiger partial charge in [0, 0.05) is 50.0 Å². The summed E-state index contributed by atoms with van der Waals surface area (Å²) in [5.74, 6) is -0.411. The molecule has 0 bridgehead atoms. The molecule has 8 heteroatoms. The van der Waals surface area contributed by atoms with Crippen molar-refractivity contribution >= 4 is 23.0 Å². The number of nitrogens with two attached hydrogens (primary N) is 1. The van der Waals surface area contributed by atoms with E-state index in [0.717, 1.165) is 39.3 Å². The van der Waals surface area contributed by atoms with Crippen LogP contribution in [0, 0.1) is 10.1 Å². The van der Waals surface area contributed by atoms with Crippen LogP contribution < -0.4 is 11.1 Å². The second kappa shape index (κ2) is 8.81. The molecule has 3 rings (SSSR count). The molecule has 1 heterocycles. The lowest BCUT2D eigenvalue weighted by molar-refractivity contribution is -0.383. The standard InChI is InChI=1S/C20H25N5O3/c1-2-23-9-11-24(12-10-23)14-15-3-6-17(7-4-15)22-20(26)16-5-8-18(21)19(13-16)25(27)28/h3-8,13H,2,9-12,14,21H2,1H3,(H,22,26). The van der Waals surface area contributed by atoms with Gasteiger partial charge in [-0.1, -0.05) is 19.1 Å². The highest BCUT2D eigenvalue weighted by Gasteiger charge is 2.17. The van der Waals surface area contributed by atoms with Crippen LogP contribution in [0.15, 0.2) is 42.5 Å². The van der Waals surface area contributed by atoms with Gasteiger partial charge in [-0.25, -0.2) is 0 Å². The topological polar surface area (TPSA) is 105 Å². The smallest absolute Gasteiger partial charge is 0.292 e. The van der Waals surface area contributed by atoms with Crippen molar-refractivity contribution in [1.82, 2.24) is 9.80 Å². The Bertz CT molecular complexity index is 845. The summed E-state index contributed by atoms with van der Waals surface area (Å²) in [5, 5.41) is 13.7. The van der Waals surface area contributed by atoms with E-state index in [1.54, 1.807) is 0 Å². The Morgan fingerprint density at radius 1 is 1.11 bits per heavy atom. The van der Waals surface area contributed by atoms with Gasteiger partial charge in [-0.15, -0.1) is 0 Å². The number of carbonyl (C=O) groups is 1. The lowest BCUT2D eigenvalue weighted by Gasteiger charge is -2.34. The molecule has 0 saturated carbocycles. The summed E-state index contributed by atoms with van der Waals surface area (Å²) in [5.41, 5.74) is 7.36. The first kappa shape index (κ1) is 19.8. The van der Waals surface area contributed by atoms with Crippen LogP contribution in [-0.4, -0.2) is 53.4 Å². The molecule has 1 saturated heterocycles. The predicted octanol–water partition coefficient (Wildman–Crippen LogP) is 2.57. The third-order valence-electron chi connectivity index (χ3n) is 5.02. The number of benzene rings is 2. The van der Waals surface area contributed by atoms with Crippen molar-refractivity contribution in [3.63, 3.8) is 0 Å². The lowest BCUT2D eigenvalue weighted by atomic mass is 10.1. The van der Waals surface area contributed by atoms with E-state index >= 15 is 0 Å². The fourth-order valence-corrected chi connectivity index (χ4v) is 3.26. The average Bonchev–Trinajstić information content (AvgIpc) is 2.70. The first-order chi connectivity index (χ1) is 13.5. The van der Waals surface area contributed by atoms with Crippen LogP contribution in [0.25, 0.3) is 0 Å². The van der Waals surface area contributed by atoms with E-state index in [4.69, 9.17) is 5.73 Å².